The van der Waals surface area contributed by atoms with E-state index < -0.39 is 11.8 Å². The molecule has 0 spiro atoms. The lowest BCUT2D eigenvalue weighted by Crippen LogP contribution is -2.08. The summed E-state index contributed by atoms with van der Waals surface area (Å²) in [5, 5.41) is 8.84. The second-order valence-corrected chi connectivity index (χ2v) is 3.30. The Kier molecular flexibility index (Phi) is 2.70. The number of rotatable bonds is 2. The van der Waals surface area contributed by atoms with Gasteiger partial charge in [-0.2, -0.15) is 0 Å². The minimum atomic E-state index is -1.27. The van der Waals surface area contributed by atoms with Gasteiger partial charge in [0.05, 0.1) is 11.9 Å². The zero-order valence-corrected chi connectivity index (χ0v) is 8.59. The Morgan fingerprint density at radius 3 is 2.82 bits per heavy atom. The fourth-order valence-corrected chi connectivity index (χ4v) is 1.34. The molecular formula is C11H8FN3O2. The number of nitrogens with two attached hydrogens (primary N) is 1. The number of anilines is 1. The quantitative estimate of drug-likeness (QED) is 0.821. The van der Waals surface area contributed by atoms with Crippen molar-refractivity contribution in [3.63, 3.8) is 0 Å². The number of nitrogen functional groups attached to an aromatic ring is 1. The van der Waals surface area contributed by atoms with Crippen molar-refractivity contribution in [1.29, 1.82) is 0 Å². The molecular weight excluding hydrogens is 225 g/mol. The summed E-state index contributed by atoms with van der Waals surface area (Å²) in [6, 6.07) is 5.64. The standard InChI is InChI=1S/C11H8FN3O2/c12-7-3-1-2-6(4-7)8-5-14-10(13)9(15-8)11(16)17/h1-5H,(H2,13,14)(H,16,17). The number of carboxylic acids is 1. The molecule has 0 bridgehead atoms. The Labute approximate surface area is 95.8 Å². The van der Waals surface area contributed by atoms with Gasteiger partial charge in [-0.05, 0) is 12.1 Å². The normalized spacial score (nSPS) is 10.2. The molecule has 0 aliphatic carbocycles. The molecule has 86 valence electrons. The van der Waals surface area contributed by atoms with Gasteiger partial charge in [-0.3, -0.25) is 0 Å². The van der Waals surface area contributed by atoms with Crippen molar-refractivity contribution in [2.24, 2.45) is 0 Å². The molecule has 2 rings (SSSR count). The van der Waals surface area contributed by atoms with Crippen molar-refractivity contribution in [2.75, 3.05) is 5.73 Å². The maximum atomic E-state index is 13.0. The number of aromatic nitrogens is 2. The molecule has 0 fully saturated rings. The van der Waals surface area contributed by atoms with Gasteiger partial charge in [0.1, 0.15) is 5.82 Å². The van der Waals surface area contributed by atoms with E-state index in [0.29, 0.717) is 5.56 Å². The molecule has 0 saturated carbocycles. The summed E-state index contributed by atoms with van der Waals surface area (Å²) < 4.78 is 13.0. The summed E-state index contributed by atoms with van der Waals surface area (Å²) in [5.41, 5.74) is 5.73. The lowest BCUT2D eigenvalue weighted by atomic mass is 10.1. The van der Waals surface area contributed by atoms with E-state index in [2.05, 4.69) is 9.97 Å². The number of aromatic carboxylic acids is 1. The molecule has 0 atom stereocenters. The molecule has 0 amide bonds. The van der Waals surface area contributed by atoms with Crippen LogP contribution in [-0.2, 0) is 0 Å². The summed E-state index contributed by atoms with van der Waals surface area (Å²) >= 11 is 0. The zero-order valence-electron chi connectivity index (χ0n) is 8.59. The van der Waals surface area contributed by atoms with Gasteiger partial charge in [0.2, 0.25) is 0 Å². The Morgan fingerprint density at radius 2 is 2.18 bits per heavy atom. The summed E-state index contributed by atoms with van der Waals surface area (Å²) in [7, 11) is 0. The van der Waals surface area contributed by atoms with Crippen molar-refractivity contribution in [3.05, 3.63) is 42.0 Å². The first kappa shape index (κ1) is 11.0. The van der Waals surface area contributed by atoms with E-state index in [0.717, 1.165) is 0 Å². The van der Waals surface area contributed by atoms with Crippen molar-refractivity contribution < 1.29 is 14.3 Å². The van der Waals surface area contributed by atoms with Crippen LogP contribution in [0.1, 0.15) is 10.5 Å². The maximum Gasteiger partial charge on any atom is 0.358 e. The lowest BCUT2D eigenvalue weighted by molar-refractivity contribution is 0.0691. The van der Waals surface area contributed by atoms with E-state index in [-0.39, 0.29) is 17.2 Å². The lowest BCUT2D eigenvalue weighted by Gasteiger charge is -2.03. The van der Waals surface area contributed by atoms with Gasteiger partial charge in [0.25, 0.3) is 0 Å². The molecule has 6 heteroatoms. The number of hydrogen-bond acceptors (Lipinski definition) is 4. The Hall–Kier alpha value is -2.50. The van der Waals surface area contributed by atoms with Crippen LogP contribution in [0.2, 0.25) is 0 Å². The average Bonchev–Trinajstić information content (AvgIpc) is 2.29. The van der Waals surface area contributed by atoms with Gasteiger partial charge in [0.15, 0.2) is 11.5 Å². The van der Waals surface area contributed by atoms with Crippen LogP contribution in [0.15, 0.2) is 30.5 Å². The minimum Gasteiger partial charge on any atom is -0.476 e. The van der Waals surface area contributed by atoms with E-state index in [1.165, 1.54) is 24.4 Å². The average molecular weight is 233 g/mol. The predicted octanol–water partition coefficient (Wildman–Crippen LogP) is 1.56. The van der Waals surface area contributed by atoms with Gasteiger partial charge in [0, 0.05) is 5.56 Å². The summed E-state index contributed by atoms with van der Waals surface area (Å²) in [6.07, 6.45) is 1.30. The monoisotopic (exact) mass is 233 g/mol. The molecule has 1 heterocycles. The largest absolute Gasteiger partial charge is 0.476 e. The van der Waals surface area contributed by atoms with Crippen molar-refractivity contribution in [3.8, 4) is 11.3 Å². The van der Waals surface area contributed by atoms with Gasteiger partial charge >= 0.3 is 5.97 Å². The van der Waals surface area contributed by atoms with Crippen LogP contribution >= 0.6 is 0 Å². The van der Waals surface area contributed by atoms with Crippen LogP contribution in [0.3, 0.4) is 0 Å². The number of carbonyl (C=O) groups is 1. The fraction of sp³-hybridized carbons (Fsp3) is 0. The molecule has 1 aromatic heterocycles. The van der Waals surface area contributed by atoms with Gasteiger partial charge in [-0.25, -0.2) is 19.2 Å². The first-order valence-corrected chi connectivity index (χ1v) is 4.69. The highest BCUT2D eigenvalue weighted by Crippen LogP contribution is 2.19. The van der Waals surface area contributed by atoms with E-state index in [4.69, 9.17) is 10.8 Å². The van der Waals surface area contributed by atoms with Crippen molar-refractivity contribution >= 4 is 11.8 Å². The van der Waals surface area contributed by atoms with E-state index >= 15 is 0 Å². The van der Waals surface area contributed by atoms with Crippen molar-refractivity contribution in [2.45, 2.75) is 0 Å². The Bertz CT molecular complexity index is 587. The van der Waals surface area contributed by atoms with E-state index in [9.17, 15) is 9.18 Å². The van der Waals surface area contributed by atoms with Gasteiger partial charge in [-0.1, -0.05) is 12.1 Å². The SMILES string of the molecule is Nc1ncc(-c2cccc(F)c2)nc1C(=O)O. The van der Waals surface area contributed by atoms with Gasteiger partial charge in [-0.15, -0.1) is 0 Å². The smallest absolute Gasteiger partial charge is 0.358 e. The highest BCUT2D eigenvalue weighted by atomic mass is 19.1. The molecule has 0 unspecified atom stereocenters. The van der Waals surface area contributed by atoms with Gasteiger partial charge < -0.3 is 10.8 Å². The van der Waals surface area contributed by atoms with Crippen LogP contribution in [0.25, 0.3) is 11.3 Å². The summed E-state index contributed by atoms with van der Waals surface area (Å²) in [5.74, 6) is -1.87. The first-order chi connectivity index (χ1) is 8.08. The number of nitrogens with zero attached hydrogens (tertiary/aromatic N) is 2. The third kappa shape index (κ3) is 2.20. The van der Waals surface area contributed by atoms with Crippen LogP contribution in [0.5, 0.6) is 0 Å². The molecule has 17 heavy (non-hydrogen) atoms. The number of carboxylic acid groups (broad SMARTS) is 1. The summed E-state index contributed by atoms with van der Waals surface area (Å²) in [6.45, 7) is 0. The third-order valence-electron chi connectivity index (χ3n) is 2.12. The Morgan fingerprint density at radius 1 is 1.41 bits per heavy atom. The highest BCUT2D eigenvalue weighted by molar-refractivity contribution is 5.90. The third-order valence-corrected chi connectivity index (χ3v) is 2.12. The maximum absolute atomic E-state index is 13.0. The van der Waals surface area contributed by atoms with Crippen LogP contribution in [0, 0.1) is 5.82 Å². The van der Waals surface area contributed by atoms with E-state index in [1.807, 2.05) is 0 Å². The topological polar surface area (TPSA) is 89.1 Å². The minimum absolute atomic E-state index is 0.169. The second kappa shape index (κ2) is 4.17. The molecule has 0 saturated heterocycles. The molecule has 5 nitrogen and oxygen atoms in total. The van der Waals surface area contributed by atoms with Crippen molar-refractivity contribution in [1.82, 2.24) is 9.97 Å². The molecule has 0 aliphatic rings. The van der Waals surface area contributed by atoms with Crippen LogP contribution in [-0.4, -0.2) is 21.0 Å². The number of hydrogen-bond donors (Lipinski definition) is 2. The molecule has 3 N–H and O–H groups in total. The molecule has 2 aromatic rings. The van der Waals surface area contributed by atoms with Crippen LogP contribution < -0.4 is 5.73 Å². The Balaban J connectivity index is 2.54. The first-order valence-electron chi connectivity index (χ1n) is 4.69. The number of benzene rings is 1. The predicted molar refractivity (Wildman–Crippen MR) is 58.8 cm³/mol. The molecule has 1 aromatic carbocycles. The van der Waals surface area contributed by atoms with E-state index in [1.54, 1.807) is 6.07 Å². The zero-order chi connectivity index (χ0) is 12.4. The fourth-order valence-electron chi connectivity index (χ4n) is 1.34. The highest BCUT2D eigenvalue weighted by Gasteiger charge is 2.13. The molecule has 0 aliphatic heterocycles. The molecule has 0 radical (unpaired) electrons. The summed E-state index contributed by atoms with van der Waals surface area (Å²) in [4.78, 5) is 18.4. The van der Waals surface area contributed by atoms with Crippen LogP contribution in [0.4, 0.5) is 10.2 Å². The second-order valence-electron chi connectivity index (χ2n) is 3.30. The number of halogens is 1.